The third-order valence-electron chi connectivity index (χ3n) is 2.47. The quantitative estimate of drug-likeness (QED) is 0.785. The summed E-state index contributed by atoms with van der Waals surface area (Å²) >= 11 is 0. The highest BCUT2D eigenvalue weighted by molar-refractivity contribution is 5.75. The summed E-state index contributed by atoms with van der Waals surface area (Å²) in [6, 6.07) is 13.7. The second kappa shape index (κ2) is 5.69. The molecule has 2 aromatic rings. The van der Waals surface area contributed by atoms with Crippen molar-refractivity contribution in [3.63, 3.8) is 0 Å². The van der Waals surface area contributed by atoms with E-state index >= 15 is 0 Å². The molecule has 94 valence electrons. The maximum Gasteiger partial charge on any atom is 0.150 e. The summed E-state index contributed by atoms with van der Waals surface area (Å²) in [5.41, 5.74) is 0.974. The van der Waals surface area contributed by atoms with Gasteiger partial charge in [-0.2, -0.15) is 5.26 Å². The first-order chi connectivity index (χ1) is 9.25. The van der Waals surface area contributed by atoms with Crippen LogP contribution >= 0.6 is 0 Å². The fourth-order valence-corrected chi connectivity index (χ4v) is 1.60. The summed E-state index contributed by atoms with van der Waals surface area (Å²) in [6.07, 6.45) is 0.749. The predicted molar refractivity (Wildman–Crippen MR) is 69.6 cm³/mol. The van der Waals surface area contributed by atoms with Crippen molar-refractivity contribution in [3.05, 3.63) is 53.6 Å². The largest absolute Gasteiger partial charge is 0.497 e. The third-order valence-corrected chi connectivity index (χ3v) is 2.47. The number of ether oxygens (including phenoxy) is 2. The van der Waals surface area contributed by atoms with Crippen LogP contribution < -0.4 is 9.47 Å². The van der Waals surface area contributed by atoms with E-state index < -0.39 is 0 Å². The minimum absolute atomic E-state index is 0.445. The molecule has 0 radical (unpaired) electrons. The Balaban J connectivity index is 2.32. The molecule has 0 atom stereocenters. The summed E-state index contributed by atoms with van der Waals surface area (Å²) in [5.74, 6) is 1.56. The third kappa shape index (κ3) is 3.11. The molecule has 0 aliphatic carbocycles. The van der Waals surface area contributed by atoms with Gasteiger partial charge in [0, 0.05) is 11.6 Å². The van der Waals surface area contributed by atoms with Crippen LogP contribution in [0.25, 0.3) is 0 Å². The monoisotopic (exact) mass is 253 g/mol. The van der Waals surface area contributed by atoms with Gasteiger partial charge in [0.2, 0.25) is 0 Å². The zero-order valence-electron chi connectivity index (χ0n) is 10.3. The lowest BCUT2D eigenvalue weighted by molar-refractivity contribution is 0.112. The van der Waals surface area contributed by atoms with E-state index in [9.17, 15) is 4.79 Å². The number of rotatable bonds is 4. The zero-order valence-corrected chi connectivity index (χ0v) is 10.3. The molecule has 0 saturated carbocycles. The summed E-state index contributed by atoms with van der Waals surface area (Å²) in [7, 11) is 1.52. The number of carbonyl (C=O) groups excluding carboxylic acids is 1. The number of aldehydes is 1. The Morgan fingerprint density at radius 2 is 1.89 bits per heavy atom. The molecule has 4 nitrogen and oxygen atoms in total. The van der Waals surface area contributed by atoms with Gasteiger partial charge >= 0.3 is 0 Å². The number of carbonyl (C=O) groups is 1. The fraction of sp³-hybridized carbons (Fsp3) is 0.0667. The molecule has 0 heterocycles. The van der Waals surface area contributed by atoms with E-state index in [0.29, 0.717) is 28.4 Å². The molecule has 0 unspecified atom stereocenters. The van der Waals surface area contributed by atoms with Crippen molar-refractivity contribution in [2.75, 3.05) is 7.11 Å². The van der Waals surface area contributed by atoms with E-state index in [0.717, 1.165) is 6.29 Å². The lowest BCUT2D eigenvalue weighted by Crippen LogP contribution is -1.90. The van der Waals surface area contributed by atoms with Crippen LogP contribution in [0, 0.1) is 11.3 Å². The van der Waals surface area contributed by atoms with Crippen molar-refractivity contribution in [3.8, 4) is 23.3 Å². The average Bonchev–Trinajstić information content (AvgIpc) is 2.47. The van der Waals surface area contributed by atoms with Gasteiger partial charge in [-0.15, -0.1) is 0 Å². The van der Waals surface area contributed by atoms with Gasteiger partial charge in [-0.3, -0.25) is 4.79 Å². The fourth-order valence-electron chi connectivity index (χ4n) is 1.60. The second-order valence-corrected chi connectivity index (χ2v) is 3.80. The van der Waals surface area contributed by atoms with Gasteiger partial charge in [0.1, 0.15) is 23.5 Å². The number of nitrogens with zero attached hydrogens (tertiary/aromatic N) is 1. The lowest BCUT2D eigenvalue weighted by atomic mass is 10.2. The van der Waals surface area contributed by atoms with Gasteiger partial charge in [0.25, 0.3) is 0 Å². The van der Waals surface area contributed by atoms with Crippen molar-refractivity contribution >= 4 is 6.29 Å². The highest BCUT2D eigenvalue weighted by Gasteiger charge is 2.04. The molecule has 0 aliphatic heterocycles. The molecular formula is C15H11NO3. The Bertz CT molecular complexity index is 644. The van der Waals surface area contributed by atoms with Crippen molar-refractivity contribution in [2.45, 2.75) is 0 Å². The zero-order chi connectivity index (χ0) is 13.7. The molecule has 19 heavy (non-hydrogen) atoms. The van der Waals surface area contributed by atoms with Crippen LogP contribution in [0.3, 0.4) is 0 Å². The topological polar surface area (TPSA) is 59.3 Å². The van der Waals surface area contributed by atoms with Gasteiger partial charge in [-0.05, 0) is 24.3 Å². The number of methoxy groups -OCH3 is 1. The molecule has 0 bridgehead atoms. The number of hydrogen-bond acceptors (Lipinski definition) is 4. The Hall–Kier alpha value is -2.80. The highest BCUT2D eigenvalue weighted by Crippen LogP contribution is 2.27. The van der Waals surface area contributed by atoms with Gasteiger partial charge in [0.15, 0.2) is 0 Å². The average molecular weight is 253 g/mol. The number of hydrogen-bond donors (Lipinski definition) is 0. The summed E-state index contributed by atoms with van der Waals surface area (Å²) in [4.78, 5) is 10.7. The molecule has 0 amide bonds. The van der Waals surface area contributed by atoms with E-state index in [1.54, 1.807) is 42.5 Å². The van der Waals surface area contributed by atoms with E-state index in [1.165, 1.54) is 7.11 Å². The summed E-state index contributed by atoms with van der Waals surface area (Å²) < 4.78 is 10.7. The number of benzene rings is 2. The molecule has 0 fully saturated rings. The normalized spacial score (nSPS) is 9.47. The molecule has 0 N–H and O–H groups in total. The van der Waals surface area contributed by atoms with Crippen molar-refractivity contribution in [2.24, 2.45) is 0 Å². The predicted octanol–water partition coefficient (Wildman–Crippen LogP) is 3.17. The van der Waals surface area contributed by atoms with Crippen LogP contribution in [-0.2, 0) is 0 Å². The first-order valence-electron chi connectivity index (χ1n) is 5.57. The van der Waals surface area contributed by atoms with Crippen LogP contribution in [-0.4, -0.2) is 13.4 Å². The van der Waals surface area contributed by atoms with Gasteiger partial charge < -0.3 is 9.47 Å². The first kappa shape index (κ1) is 12.7. The Morgan fingerprint density at radius 3 is 2.58 bits per heavy atom. The van der Waals surface area contributed by atoms with Crippen LogP contribution in [0.1, 0.15) is 15.9 Å². The van der Waals surface area contributed by atoms with Crippen LogP contribution in [0.4, 0.5) is 0 Å². The van der Waals surface area contributed by atoms with Crippen LogP contribution in [0.15, 0.2) is 42.5 Å². The van der Waals surface area contributed by atoms with E-state index in [-0.39, 0.29) is 0 Å². The van der Waals surface area contributed by atoms with Crippen molar-refractivity contribution in [1.29, 1.82) is 5.26 Å². The SMILES string of the molecule is COc1cc(C#N)cc(Oc2cccc(C=O)c2)c1. The Kier molecular flexibility index (Phi) is 3.79. The van der Waals surface area contributed by atoms with E-state index in [1.807, 2.05) is 6.07 Å². The smallest absolute Gasteiger partial charge is 0.150 e. The summed E-state index contributed by atoms with van der Waals surface area (Å²) in [5, 5.41) is 8.92. The van der Waals surface area contributed by atoms with Crippen LogP contribution in [0.2, 0.25) is 0 Å². The first-order valence-corrected chi connectivity index (χ1v) is 5.57. The molecule has 0 aliphatic rings. The van der Waals surface area contributed by atoms with E-state index in [4.69, 9.17) is 14.7 Å². The van der Waals surface area contributed by atoms with E-state index in [2.05, 4.69) is 0 Å². The van der Waals surface area contributed by atoms with Crippen molar-refractivity contribution < 1.29 is 14.3 Å². The maximum atomic E-state index is 10.7. The van der Waals surface area contributed by atoms with Gasteiger partial charge in [-0.25, -0.2) is 0 Å². The molecule has 2 rings (SSSR count). The molecule has 0 aromatic heterocycles. The number of nitriles is 1. The minimum atomic E-state index is 0.445. The second-order valence-electron chi connectivity index (χ2n) is 3.80. The maximum absolute atomic E-state index is 10.7. The summed E-state index contributed by atoms with van der Waals surface area (Å²) in [6.45, 7) is 0. The Labute approximate surface area is 110 Å². The molecule has 0 spiro atoms. The van der Waals surface area contributed by atoms with Gasteiger partial charge in [-0.1, -0.05) is 12.1 Å². The molecule has 0 saturated heterocycles. The molecule has 2 aromatic carbocycles. The molecule has 4 heteroatoms. The standard InChI is InChI=1S/C15H11NO3/c1-18-14-6-12(9-16)7-15(8-14)19-13-4-2-3-11(5-13)10-17/h2-8,10H,1H3. The minimum Gasteiger partial charge on any atom is -0.497 e. The van der Waals surface area contributed by atoms with Crippen LogP contribution in [0.5, 0.6) is 17.2 Å². The van der Waals surface area contributed by atoms with Crippen molar-refractivity contribution in [1.82, 2.24) is 0 Å². The lowest BCUT2D eigenvalue weighted by Gasteiger charge is -2.08. The molecular weight excluding hydrogens is 242 g/mol. The Morgan fingerprint density at radius 1 is 1.11 bits per heavy atom. The van der Waals surface area contributed by atoms with Gasteiger partial charge in [0.05, 0.1) is 18.7 Å². The highest BCUT2D eigenvalue weighted by atomic mass is 16.5.